The van der Waals surface area contributed by atoms with E-state index in [0.717, 1.165) is 25.0 Å². The Morgan fingerprint density at radius 2 is 2.35 bits per heavy atom. The number of carbonyl (C=O) groups excluding carboxylic acids is 1. The normalized spacial score (nSPS) is 23.1. The van der Waals surface area contributed by atoms with E-state index in [1.807, 2.05) is 20.3 Å². The third-order valence-electron chi connectivity index (χ3n) is 3.89. The van der Waals surface area contributed by atoms with Crippen molar-refractivity contribution in [2.45, 2.75) is 39.3 Å². The molecule has 1 aromatic rings. The van der Waals surface area contributed by atoms with E-state index in [1.165, 1.54) is 0 Å². The highest BCUT2D eigenvalue weighted by molar-refractivity contribution is 5.79. The second-order valence-electron chi connectivity index (χ2n) is 6.04. The highest BCUT2D eigenvalue weighted by Gasteiger charge is 2.35. The first-order chi connectivity index (χ1) is 9.49. The zero-order valence-corrected chi connectivity index (χ0v) is 12.9. The van der Waals surface area contributed by atoms with Crippen molar-refractivity contribution in [3.8, 4) is 0 Å². The molecule has 0 spiro atoms. The Morgan fingerprint density at radius 3 is 2.95 bits per heavy atom. The van der Waals surface area contributed by atoms with Gasteiger partial charge in [-0.2, -0.15) is 5.10 Å². The van der Waals surface area contributed by atoms with E-state index in [9.17, 15) is 4.79 Å². The van der Waals surface area contributed by atoms with E-state index in [0.29, 0.717) is 12.5 Å². The molecule has 0 saturated carbocycles. The van der Waals surface area contributed by atoms with Crippen molar-refractivity contribution in [3.05, 3.63) is 18.0 Å². The first-order valence-electron chi connectivity index (χ1n) is 7.33. The van der Waals surface area contributed by atoms with Crippen LogP contribution in [0.5, 0.6) is 0 Å². The summed E-state index contributed by atoms with van der Waals surface area (Å²) < 4.78 is 7.57. The number of ether oxygens (including phenoxy) is 1. The van der Waals surface area contributed by atoms with Crippen molar-refractivity contribution < 1.29 is 9.53 Å². The summed E-state index contributed by atoms with van der Waals surface area (Å²) in [6.07, 6.45) is 5.70. The predicted molar refractivity (Wildman–Crippen MR) is 77.0 cm³/mol. The number of aromatic nitrogens is 2. The lowest BCUT2D eigenvalue weighted by Gasteiger charge is -2.35. The fourth-order valence-corrected chi connectivity index (χ4v) is 2.91. The van der Waals surface area contributed by atoms with Crippen LogP contribution in [0.2, 0.25) is 0 Å². The van der Waals surface area contributed by atoms with Crippen LogP contribution >= 0.6 is 0 Å². The maximum Gasteiger partial charge on any atom is 0.228 e. The van der Waals surface area contributed by atoms with Crippen molar-refractivity contribution in [3.63, 3.8) is 0 Å². The minimum absolute atomic E-state index is 0.00887. The molecule has 20 heavy (non-hydrogen) atoms. The van der Waals surface area contributed by atoms with Crippen LogP contribution in [0.4, 0.5) is 0 Å². The van der Waals surface area contributed by atoms with Crippen LogP contribution in [0.3, 0.4) is 0 Å². The summed E-state index contributed by atoms with van der Waals surface area (Å²) in [6, 6.07) is 0. The van der Waals surface area contributed by atoms with Crippen LogP contribution in [-0.2, 0) is 23.1 Å². The van der Waals surface area contributed by atoms with E-state index in [-0.39, 0.29) is 17.9 Å². The largest absolute Gasteiger partial charge is 0.377 e. The summed E-state index contributed by atoms with van der Waals surface area (Å²) in [5, 5.41) is 4.14. The number of aryl methyl sites for hydroxylation is 1. The Labute approximate surface area is 120 Å². The molecular weight excluding hydrogens is 254 g/mol. The summed E-state index contributed by atoms with van der Waals surface area (Å²) in [7, 11) is 3.75. The average molecular weight is 279 g/mol. The number of hydrogen-bond acceptors (Lipinski definition) is 3. The van der Waals surface area contributed by atoms with Crippen LogP contribution in [0.15, 0.2) is 12.4 Å². The van der Waals surface area contributed by atoms with Gasteiger partial charge in [0.25, 0.3) is 0 Å². The highest BCUT2D eigenvalue weighted by Crippen LogP contribution is 2.28. The fraction of sp³-hybridized carbons (Fsp3) is 0.733. The molecular formula is C15H25N3O2. The van der Waals surface area contributed by atoms with Gasteiger partial charge in [0, 0.05) is 39.0 Å². The van der Waals surface area contributed by atoms with E-state index in [4.69, 9.17) is 4.74 Å². The second kappa shape index (κ2) is 6.39. The zero-order chi connectivity index (χ0) is 14.7. The third-order valence-corrected chi connectivity index (χ3v) is 3.89. The molecule has 0 bridgehead atoms. The molecule has 1 saturated heterocycles. The fourth-order valence-electron chi connectivity index (χ4n) is 2.91. The third kappa shape index (κ3) is 3.39. The van der Waals surface area contributed by atoms with Gasteiger partial charge in [0.05, 0.1) is 18.2 Å². The Hall–Kier alpha value is -1.36. The lowest BCUT2D eigenvalue weighted by molar-refractivity contribution is -0.147. The first-order valence-corrected chi connectivity index (χ1v) is 7.33. The van der Waals surface area contributed by atoms with Gasteiger partial charge in [0.15, 0.2) is 0 Å². The molecule has 0 N–H and O–H groups in total. The van der Waals surface area contributed by atoms with Gasteiger partial charge < -0.3 is 9.64 Å². The van der Waals surface area contributed by atoms with Crippen LogP contribution < -0.4 is 0 Å². The molecule has 2 atom stereocenters. The number of rotatable bonds is 4. The van der Waals surface area contributed by atoms with Gasteiger partial charge in [-0.05, 0) is 18.8 Å². The van der Waals surface area contributed by atoms with Crippen molar-refractivity contribution in [2.75, 3.05) is 13.7 Å². The Kier molecular flexibility index (Phi) is 4.81. The number of amides is 1. The van der Waals surface area contributed by atoms with Crippen molar-refractivity contribution in [1.29, 1.82) is 0 Å². The average Bonchev–Trinajstić information content (AvgIpc) is 2.83. The Morgan fingerprint density at radius 1 is 1.60 bits per heavy atom. The van der Waals surface area contributed by atoms with Crippen LogP contribution in [0, 0.1) is 11.8 Å². The Balaban J connectivity index is 2.01. The lowest BCUT2D eigenvalue weighted by Crippen LogP contribution is -2.44. The quantitative estimate of drug-likeness (QED) is 0.845. The molecule has 1 aromatic heterocycles. The summed E-state index contributed by atoms with van der Waals surface area (Å²) in [5.41, 5.74) is 1.06. The standard InChI is InChI=1S/C15H25N3O2/c1-11(2)14-13(6-5-7-20-14)15(19)17(3)9-12-8-16-18(4)10-12/h8,10-11,13-14H,5-7,9H2,1-4H3/t13-,14-/m1/s1. The minimum Gasteiger partial charge on any atom is -0.377 e. The molecule has 0 unspecified atom stereocenters. The van der Waals surface area contributed by atoms with Gasteiger partial charge in [0.2, 0.25) is 5.91 Å². The van der Waals surface area contributed by atoms with Crippen LogP contribution in [0.25, 0.3) is 0 Å². The van der Waals surface area contributed by atoms with Crippen LogP contribution in [0.1, 0.15) is 32.3 Å². The molecule has 5 nitrogen and oxygen atoms in total. The first kappa shape index (κ1) is 15.0. The zero-order valence-electron chi connectivity index (χ0n) is 12.9. The maximum atomic E-state index is 12.6. The van der Waals surface area contributed by atoms with Gasteiger partial charge in [-0.3, -0.25) is 9.48 Å². The van der Waals surface area contributed by atoms with Gasteiger partial charge in [-0.25, -0.2) is 0 Å². The smallest absolute Gasteiger partial charge is 0.228 e. The maximum absolute atomic E-state index is 12.6. The molecule has 1 amide bonds. The summed E-state index contributed by atoms with van der Waals surface area (Å²) >= 11 is 0. The minimum atomic E-state index is -0.00887. The number of hydrogen-bond donors (Lipinski definition) is 0. The van der Waals surface area contributed by atoms with E-state index >= 15 is 0 Å². The number of carbonyl (C=O) groups is 1. The molecule has 1 aliphatic rings. The molecule has 0 radical (unpaired) electrons. The van der Waals surface area contributed by atoms with Crippen molar-refractivity contribution in [2.24, 2.45) is 18.9 Å². The molecule has 1 fully saturated rings. The van der Waals surface area contributed by atoms with Crippen molar-refractivity contribution >= 4 is 5.91 Å². The molecule has 0 aliphatic carbocycles. The summed E-state index contributed by atoms with van der Waals surface area (Å²) in [5.74, 6) is 0.550. The van der Waals surface area contributed by atoms with Crippen molar-refractivity contribution in [1.82, 2.24) is 14.7 Å². The van der Waals surface area contributed by atoms with Gasteiger partial charge >= 0.3 is 0 Å². The van der Waals surface area contributed by atoms with Gasteiger partial charge in [-0.1, -0.05) is 13.8 Å². The van der Waals surface area contributed by atoms with E-state index < -0.39 is 0 Å². The predicted octanol–water partition coefficient (Wildman–Crippen LogP) is 1.83. The monoisotopic (exact) mass is 279 g/mol. The van der Waals surface area contributed by atoms with Gasteiger partial charge in [0.1, 0.15) is 0 Å². The number of nitrogens with zero attached hydrogens (tertiary/aromatic N) is 3. The topological polar surface area (TPSA) is 47.4 Å². The molecule has 1 aliphatic heterocycles. The molecule has 2 heterocycles. The molecule has 0 aromatic carbocycles. The van der Waals surface area contributed by atoms with E-state index in [2.05, 4.69) is 18.9 Å². The second-order valence-corrected chi connectivity index (χ2v) is 6.04. The molecule has 112 valence electrons. The Bertz CT molecular complexity index is 456. The van der Waals surface area contributed by atoms with E-state index in [1.54, 1.807) is 15.8 Å². The SMILES string of the molecule is CC(C)[C@H]1OCCC[C@H]1C(=O)N(C)Cc1cnn(C)c1. The molecule has 2 rings (SSSR count). The van der Waals surface area contributed by atoms with Gasteiger partial charge in [-0.15, -0.1) is 0 Å². The lowest BCUT2D eigenvalue weighted by atomic mass is 9.86. The molecule has 5 heteroatoms. The summed E-state index contributed by atoms with van der Waals surface area (Å²) in [4.78, 5) is 14.4. The highest BCUT2D eigenvalue weighted by atomic mass is 16.5. The van der Waals surface area contributed by atoms with Crippen LogP contribution in [-0.4, -0.2) is 40.3 Å². The summed E-state index contributed by atoms with van der Waals surface area (Å²) in [6.45, 7) is 5.63.